The van der Waals surface area contributed by atoms with Crippen LogP contribution in [-0.2, 0) is 7.05 Å². The average molecular weight is 275 g/mol. The molecule has 1 heterocycles. The standard InChI is InChI=1S/C14H17N3O3/c1-9-12(14(19)20-17(9)4)13(18)15-10-5-7-11(8-6-10)16(2)3/h5-8H,1-4H3,(H,15,18). The Morgan fingerprint density at radius 2 is 1.85 bits per heavy atom. The molecule has 0 bridgehead atoms. The van der Waals surface area contributed by atoms with Gasteiger partial charge < -0.3 is 14.7 Å². The molecule has 1 aromatic heterocycles. The second-order valence-electron chi connectivity index (χ2n) is 4.73. The number of aryl methyl sites for hydroxylation is 1. The Labute approximate surface area is 116 Å². The number of aromatic nitrogens is 1. The summed E-state index contributed by atoms with van der Waals surface area (Å²) in [6, 6.07) is 7.34. The highest BCUT2D eigenvalue weighted by molar-refractivity contribution is 6.04. The summed E-state index contributed by atoms with van der Waals surface area (Å²) in [6.45, 7) is 1.66. The van der Waals surface area contributed by atoms with E-state index in [4.69, 9.17) is 4.52 Å². The molecule has 0 aliphatic carbocycles. The molecule has 2 aromatic rings. The molecular formula is C14H17N3O3. The van der Waals surface area contributed by atoms with Gasteiger partial charge in [-0.2, -0.15) is 0 Å². The van der Waals surface area contributed by atoms with Crippen molar-refractivity contribution in [3.8, 4) is 0 Å². The number of carbonyl (C=O) groups excluding carboxylic acids is 1. The number of anilines is 2. The first-order valence-electron chi connectivity index (χ1n) is 6.16. The quantitative estimate of drug-likeness (QED) is 0.924. The normalized spacial score (nSPS) is 10.4. The maximum Gasteiger partial charge on any atom is 0.370 e. The van der Waals surface area contributed by atoms with Crippen LogP contribution in [0.15, 0.2) is 33.6 Å². The number of hydrogen-bond donors (Lipinski definition) is 1. The van der Waals surface area contributed by atoms with Gasteiger partial charge in [0, 0.05) is 32.5 Å². The van der Waals surface area contributed by atoms with Crippen LogP contribution in [0, 0.1) is 6.92 Å². The molecule has 2 rings (SSSR count). The maximum absolute atomic E-state index is 12.1. The molecule has 20 heavy (non-hydrogen) atoms. The minimum atomic E-state index is -0.632. The fraction of sp³-hybridized carbons (Fsp3) is 0.286. The molecule has 0 saturated carbocycles. The van der Waals surface area contributed by atoms with Crippen LogP contribution >= 0.6 is 0 Å². The SMILES string of the molecule is Cc1c(C(=O)Nc2ccc(N(C)C)cc2)c(=O)on1C. The van der Waals surface area contributed by atoms with Gasteiger partial charge in [0.2, 0.25) is 0 Å². The zero-order valence-corrected chi connectivity index (χ0v) is 11.9. The lowest BCUT2D eigenvalue weighted by Crippen LogP contribution is -2.19. The van der Waals surface area contributed by atoms with Gasteiger partial charge in [0.15, 0.2) is 0 Å². The maximum atomic E-state index is 12.1. The molecule has 0 atom stereocenters. The topological polar surface area (TPSA) is 67.5 Å². The number of benzene rings is 1. The Morgan fingerprint density at radius 3 is 2.30 bits per heavy atom. The van der Waals surface area contributed by atoms with Crippen LogP contribution in [0.5, 0.6) is 0 Å². The molecule has 1 N–H and O–H groups in total. The number of carbonyl (C=O) groups is 1. The van der Waals surface area contributed by atoms with Crippen molar-refractivity contribution in [3.05, 3.63) is 45.9 Å². The summed E-state index contributed by atoms with van der Waals surface area (Å²) >= 11 is 0. The van der Waals surface area contributed by atoms with Crippen molar-refractivity contribution in [2.75, 3.05) is 24.3 Å². The highest BCUT2D eigenvalue weighted by Gasteiger charge is 2.19. The second-order valence-corrected chi connectivity index (χ2v) is 4.73. The first-order chi connectivity index (χ1) is 9.40. The van der Waals surface area contributed by atoms with E-state index in [1.54, 1.807) is 26.1 Å². The fourth-order valence-electron chi connectivity index (χ4n) is 1.84. The summed E-state index contributed by atoms with van der Waals surface area (Å²) in [5.41, 5.74) is 1.55. The predicted octanol–water partition coefficient (Wildman–Crippen LogP) is 1.61. The van der Waals surface area contributed by atoms with Gasteiger partial charge in [0.25, 0.3) is 5.91 Å². The van der Waals surface area contributed by atoms with Crippen LogP contribution in [0.3, 0.4) is 0 Å². The van der Waals surface area contributed by atoms with Crippen LogP contribution in [0.1, 0.15) is 16.1 Å². The second kappa shape index (κ2) is 5.24. The zero-order valence-electron chi connectivity index (χ0n) is 11.9. The average Bonchev–Trinajstić information content (AvgIpc) is 2.63. The lowest BCUT2D eigenvalue weighted by atomic mass is 10.2. The van der Waals surface area contributed by atoms with Crippen LogP contribution < -0.4 is 15.8 Å². The summed E-state index contributed by atoms with van der Waals surface area (Å²) < 4.78 is 6.13. The minimum Gasteiger partial charge on any atom is -0.378 e. The molecule has 1 amide bonds. The summed E-state index contributed by atoms with van der Waals surface area (Å²) in [7, 11) is 5.46. The molecule has 0 spiro atoms. The van der Waals surface area contributed by atoms with E-state index < -0.39 is 11.5 Å². The van der Waals surface area contributed by atoms with E-state index in [9.17, 15) is 9.59 Å². The van der Waals surface area contributed by atoms with Gasteiger partial charge in [-0.15, -0.1) is 0 Å². The molecule has 0 aliphatic rings. The predicted molar refractivity (Wildman–Crippen MR) is 77.4 cm³/mol. The zero-order chi connectivity index (χ0) is 14.9. The van der Waals surface area contributed by atoms with Crippen molar-refractivity contribution in [1.29, 1.82) is 0 Å². The largest absolute Gasteiger partial charge is 0.378 e. The highest BCUT2D eigenvalue weighted by Crippen LogP contribution is 2.16. The van der Waals surface area contributed by atoms with Crippen molar-refractivity contribution in [3.63, 3.8) is 0 Å². The first-order valence-corrected chi connectivity index (χ1v) is 6.16. The third-order valence-corrected chi connectivity index (χ3v) is 3.13. The molecule has 0 radical (unpaired) electrons. The Bertz CT molecular complexity index is 681. The van der Waals surface area contributed by atoms with Crippen LogP contribution in [0.4, 0.5) is 11.4 Å². The van der Waals surface area contributed by atoms with Crippen LogP contribution in [0.2, 0.25) is 0 Å². The van der Waals surface area contributed by atoms with Crippen LogP contribution in [0.25, 0.3) is 0 Å². The van der Waals surface area contributed by atoms with E-state index in [0.717, 1.165) is 5.69 Å². The van der Waals surface area contributed by atoms with Gasteiger partial charge in [-0.1, -0.05) is 0 Å². The molecule has 0 unspecified atom stereocenters. The Kier molecular flexibility index (Phi) is 3.65. The van der Waals surface area contributed by atoms with Crippen molar-refractivity contribution in [2.24, 2.45) is 7.05 Å². The number of hydrogen-bond acceptors (Lipinski definition) is 4. The summed E-state index contributed by atoms with van der Waals surface area (Å²) in [5, 5.41) is 2.69. The van der Waals surface area contributed by atoms with Crippen LogP contribution in [-0.4, -0.2) is 24.7 Å². The van der Waals surface area contributed by atoms with E-state index in [1.807, 2.05) is 31.1 Å². The van der Waals surface area contributed by atoms with Crippen molar-refractivity contribution in [1.82, 2.24) is 4.74 Å². The van der Waals surface area contributed by atoms with Gasteiger partial charge in [-0.3, -0.25) is 4.79 Å². The van der Waals surface area contributed by atoms with Gasteiger partial charge in [0.05, 0.1) is 5.69 Å². The number of nitrogens with one attached hydrogen (secondary N) is 1. The Morgan fingerprint density at radius 1 is 1.25 bits per heavy atom. The smallest absolute Gasteiger partial charge is 0.370 e. The number of nitrogens with zero attached hydrogens (tertiary/aromatic N) is 2. The molecule has 0 fully saturated rings. The summed E-state index contributed by atoms with van der Waals surface area (Å²) in [5.74, 6) is -0.463. The molecule has 6 nitrogen and oxygen atoms in total. The molecule has 6 heteroatoms. The number of amides is 1. The molecule has 0 aliphatic heterocycles. The molecular weight excluding hydrogens is 258 g/mol. The van der Waals surface area contributed by atoms with Gasteiger partial charge in [-0.25, -0.2) is 9.53 Å². The van der Waals surface area contributed by atoms with E-state index in [2.05, 4.69) is 5.32 Å². The van der Waals surface area contributed by atoms with E-state index >= 15 is 0 Å². The van der Waals surface area contributed by atoms with Gasteiger partial charge in [-0.05, 0) is 31.2 Å². The molecule has 0 saturated heterocycles. The van der Waals surface area contributed by atoms with Gasteiger partial charge >= 0.3 is 5.63 Å². The van der Waals surface area contributed by atoms with E-state index in [1.165, 1.54) is 4.74 Å². The van der Waals surface area contributed by atoms with Crippen molar-refractivity contribution >= 4 is 17.3 Å². The fourth-order valence-corrected chi connectivity index (χ4v) is 1.84. The Balaban J connectivity index is 2.21. The van der Waals surface area contributed by atoms with Gasteiger partial charge in [0.1, 0.15) is 5.56 Å². The highest BCUT2D eigenvalue weighted by atomic mass is 16.5. The monoisotopic (exact) mass is 275 g/mol. The lowest BCUT2D eigenvalue weighted by Gasteiger charge is -2.12. The first kappa shape index (κ1) is 13.9. The molecule has 1 aromatic carbocycles. The van der Waals surface area contributed by atoms with Crippen molar-refractivity contribution in [2.45, 2.75) is 6.92 Å². The lowest BCUT2D eigenvalue weighted by molar-refractivity contribution is 0.102. The summed E-state index contributed by atoms with van der Waals surface area (Å²) in [6.07, 6.45) is 0. The third-order valence-electron chi connectivity index (χ3n) is 3.13. The van der Waals surface area contributed by atoms with E-state index in [0.29, 0.717) is 11.4 Å². The minimum absolute atomic E-state index is 0.0317. The Hall–Kier alpha value is -2.50. The number of rotatable bonds is 3. The summed E-state index contributed by atoms with van der Waals surface area (Å²) in [4.78, 5) is 25.6. The van der Waals surface area contributed by atoms with Crippen molar-refractivity contribution < 1.29 is 9.32 Å². The third kappa shape index (κ3) is 2.59. The van der Waals surface area contributed by atoms with E-state index in [-0.39, 0.29) is 5.56 Å². The molecule has 106 valence electrons.